The number of nitrogens with zero attached hydrogens (tertiary/aromatic N) is 2. The molecule has 2 atom stereocenters. The second-order valence-electron chi connectivity index (χ2n) is 7.44. The summed E-state index contributed by atoms with van der Waals surface area (Å²) in [7, 11) is 0. The molecule has 0 fully saturated rings. The predicted molar refractivity (Wildman–Crippen MR) is 110 cm³/mol. The van der Waals surface area contributed by atoms with E-state index in [2.05, 4.69) is 10.6 Å². The summed E-state index contributed by atoms with van der Waals surface area (Å²) in [4.78, 5) is 61.1. The number of carbonyl (C=O) groups is 4. The monoisotopic (exact) mass is 438 g/mol. The van der Waals surface area contributed by atoms with Crippen molar-refractivity contribution in [2.75, 3.05) is 11.9 Å². The molecule has 0 saturated heterocycles. The van der Waals surface area contributed by atoms with Gasteiger partial charge in [0.1, 0.15) is 17.4 Å². The standard InChI is InChI=1S/C21H18N4O7/c1-10(12-6-7-16-14(8-12)23-17(26)9-32-16)22-19(27)11(2)24-20(28)13-4-3-5-15(25(30)31)18(13)21(24)29/h3-8,10-11H,9H2,1-2H3,(H,22,27)(H,23,26). The third-order valence-corrected chi connectivity index (χ3v) is 5.38. The number of hydrogen-bond donors (Lipinski definition) is 2. The first kappa shape index (κ1) is 21.0. The zero-order valence-corrected chi connectivity index (χ0v) is 17.1. The van der Waals surface area contributed by atoms with Gasteiger partial charge >= 0.3 is 0 Å². The molecular formula is C21H18N4O7. The van der Waals surface area contributed by atoms with E-state index in [0.717, 1.165) is 11.0 Å². The molecule has 0 bridgehead atoms. The Morgan fingerprint density at radius 3 is 2.66 bits per heavy atom. The van der Waals surface area contributed by atoms with Crippen molar-refractivity contribution in [3.05, 3.63) is 63.2 Å². The lowest BCUT2D eigenvalue weighted by molar-refractivity contribution is -0.385. The molecule has 2 N–H and O–H groups in total. The average Bonchev–Trinajstić information content (AvgIpc) is 3.02. The molecule has 2 aromatic rings. The SMILES string of the molecule is CC(NC(=O)C(C)N1C(=O)c2cccc([N+](=O)[O-])c2C1=O)c1ccc2c(c1)NC(=O)CO2. The van der Waals surface area contributed by atoms with Gasteiger partial charge in [-0.1, -0.05) is 12.1 Å². The van der Waals surface area contributed by atoms with E-state index in [-0.39, 0.29) is 23.6 Å². The topological polar surface area (TPSA) is 148 Å². The van der Waals surface area contributed by atoms with Crippen molar-refractivity contribution in [3.8, 4) is 5.75 Å². The second-order valence-corrected chi connectivity index (χ2v) is 7.44. The van der Waals surface area contributed by atoms with Crippen LogP contribution < -0.4 is 15.4 Å². The Morgan fingerprint density at radius 2 is 1.94 bits per heavy atom. The van der Waals surface area contributed by atoms with Gasteiger partial charge in [0.25, 0.3) is 23.4 Å². The Morgan fingerprint density at radius 1 is 1.19 bits per heavy atom. The Hall–Kier alpha value is -4.28. The van der Waals surface area contributed by atoms with Crippen molar-refractivity contribution in [2.45, 2.75) is 25.9 Å². The maximum absolute atomic E-state index is 12.8. The molecule has 2 aromatic carbocycles. The molecule has 0 aliphatic carbocycles. The lowest BCUT2D eigenvalue weighted by Crippen LogP contribution is -2.48. The lowest BCUT2D eigenvalue weighted by Gasteiger charge is -2.25. The molecular weight excluding hydrogens is 420 g/mol. The van der Waals surface area contributed by atoms with E-state index >= 15 is 0 Å². The molecule has 2 unspecified atom stereocenters. The number of fused-ring (bicyclic) bond motifs is 2. The number of imide groups is 1. The number of anilines is 1. The number of ether oxygens (including phenoxy) is 1. The van der Waals surface area contributed by atoms with Crippen molar-refractivity contribution >= 4 is 35.0 Å². The number of nitro benzene ring substituents is 1. The van der Waals surface area contributed by atoms with E-state index in [4.69, 9.17) is 4.74 Å². The van der Waals surface area contributed by atoms with Crippen molar-refractivity contribution in [1.82, 2.24) is 10.2 Å². The summed E-state index contributed by atoms with van der Waals surface area (Å²) < 4.78 is 5.31. The highest BCUT2D eigenvalue weighted by molar-refractivity contribution is 6.24. The molecule has 0 aromatic heterocycles. The van der Waals surface area contributed by atoms with Crippen LogP contribution in [-0.2, 0) is 9.59 Å². The fourth-order valence-corrected chi connectivity index (χ4v) is 3.69. The van der Waals surface area contributed by atoms with Crippen molar-refractivity contribution in [2.24, 2.45) is 0 Å². The van der Waals surface area contributed by atoms with Crippen LogP contribution in [0.1, 0.15) is 46.2 Å². The van der Waals surface area contributed by atoms with Gasteiger partial charge in [-0.3, -0.25) is 34.2 Å². The third kappa shape index (κ3) is 3.43. The molecule has 0 saturated carbocycles. The first-order valence-corrected chi connectivity index (χ1v) is 9.71. The molecule has 2 aliphatic rings. The van der Waals surface area contributed by atoms with Crippen LogP contribution in [-0.4, -0.2) is 46.1 Å². The second kappa shape index (κ2) is 7.76. The molecule has 11 heteroatoms. The van der Waals surface area contributed by atoms with Crippen LogP contribution in [0, 0.1) is 10.1 Å². The fourth-order valence-electron chi connectivity index (χ4n) is 3.69. The highest BCUT2D eigenvalue weighted by Crippen LogP contribution is 2.33. The van der Waals surface area contributed by atoms with Crippen LogP contribution in [0.25, 0.3) is 0 Å². The largest absolute Gasteiger partial charge is 0.482 e. The molecule has 4 rings (SSSR count). The zero-order chi connectivity index (χ0) is 23.2. The van der Waals surface area contributed by atoms with E-state index < -0.39 is 40.4 Å². The Labute approximate surface area is 181 Å². The molecule has 0 spiro atoms. The summed E-state index contributed by atoms with van der Waals surface area (Å²) in [6.45, 7) is 3.00. The molecule has 32 heavy (non-hydrogen) atoms. The van der Waals surface area contributed by atoms with Gasteiger partial charge < -0.3 is 15.4 Å². The summed E-state index contributed by atoms with van der Waals surface area (Å²) in [5.74, 6) is -2.06. The quantitative estimate of drug-likeness (QED) is 0.411. The molecule has 4 amide bonds. The van der Waals surface area contributed by atoms with Gasteiger partial charge in [-0.2, -0.15) is 0 Å². The third-order valence-electron chi connectivity index (χ3n) is 5.38. The number of rotatable bonds is 5. The minimum Gasteiger partial charge on any atom is -0.482 e. The summed E-state index contributed by atoms with van der Waals surface area (Å²) >= 11 is 0. The molecule has 164 valence electrons. The van der Waals surface area contributed by atoms with E-state index in [1.807, 2.05) is 0 Å². The Balaban J connectivity index is 1.52. The van der Waals surface area contributed by atoms with E-state index in [9.17, 15) is 29.3 Å². The summed E-state index contributed by atoms with van der Waals surface area (Å²) in [6, 6.07) is 7.09. The van der Waals surface area contributed by atoms with Crippen LogP contribution in [0.3, 0.4) is 0 Å². The highest BCUT2D eigenvalue weighted by atomic mass is 16.6. The minimum absolute atomic E-state index is 0.0748. The van der Waals surface area contributed by atoms with E-state index in [1.54, 1.807) is 25.1 Å². The van der Waals surface area contributed by atoms with Crippen LogP contribution in [0.15, 0.2) is 36.4 Å². The van der Waals surface area contributed by atoms with Crippen molar-refractivity contribution < 1.29 is 28.8 Å². The van der Waals surface area contributed by atoms with Gasteiger partial charge in [0.2, 0.25) is 5.91 Å². The number of hydrogen-bond acceptors (Lipinski definition) is 7. The van der Waals surface area contributed by atoms with Crippen LogP contribution in [0.2, 0.25) is 0 Å². The number of amides is 4. The normalized spacial score (nSPS) is 16.4. The first-order chi connectivity index (χ1) is 15.2. The van der Waals surface area contributed by atoms with Crippen LogP contribution in [0.5, 0.6) is 5.75 Å². The summed E-state index contributed by atoms with van der Waals surface area (Å²) in [5, 5.41) is 16.7. The average molecular weight is 438 g/mol. The molecule has 2 aliphatic heterocycles. The number of carbonyl (C=O) groups excluding carboxylic acids is 4. The number of benzene rings is 2. The molecule has 2 heterocycles. The minimum atomic E-state index is -1.20. The van der Waals surface area contributed by atoms with Gasteiger partial charge in [-0.05, 0) is 37.6 Å². The lowest BCUT2D eigenvalue weighted by atomic mass is 10.1. The fraction of sp³-hybridized carbons (Fsp3) is 0.238. The van der Waals surface area contributed by atoms with Crippen LogP contribution >= 0.6 is 0 Å². The van der Waals surface area contributed by atoms with Crippen molar-refractivity contribution in [1.29, 1.82) is 0 Å². The predicted octanol–water partition coefficient (Wildman–Crippen LogP) is 1.79. The summed E-state index contributed by atoms with van der Waals surface area (Å²) in [6.07, 6.45) is 0. The number of nitro groups is 1. The van der Waals surface area contributed by atoms with E-state index in [0.29, 0.717) is 17.0 Å². The van der Waals surface area contributed by atoms with Gasteiger partial charge in [-0.25, -0.2) is 0 Å². The highest BCUT2D eigenvalue weighted by Gasteiger charge is 2.45. The van der Waals surface area contributed by atoms with Gasteiger partial charge in [0.15, 0.2) is 6.61 Å². The first-order valence-electron chi connectivity index (χ1n) is 9.71. The Kier molecular flexibility index (Phi) is 5.09. The molecule has 11 nitrogen and oxygen atoms in total. The van der Waals surface area contributed by atoms with Crippen LogP contribution in [0.4, 0.5) is 11.4 Å². The smallest absolute Gasteiger partial charge is 0.282 e. The molecule has 0 radical (unpaired) electrons. The maximum Gasteiger partial charge on any atom is 0.282 e. The van der Waals surface area contributed by atoms with Gasteiger partial charge in [0.05, 0.1) is 22.2 Å². The van der Waals surface area contributed by atoms with Crippen molar-refractivity contribution in [3.63, 3.8) is 0 Å². The van der Waals surface area contributed by atoms with Gasteiger partial charge in [0, 0.05) is 6.07 Å². The zero-order valence-electron chi connectivity index (χ0n) is 17.1. The van der Waals surface area contributed by atoms with Gasteiger partial charge in [-0.15, -0.1) is 0 Å². The summed E-state index contributed by atoms with van der Waals surface area (Å²) in [5.41, 5.74) is 0.222. The Bertz CT molecular complexity index is 1190. The van der Waals surface area contributed by atoms with E-state index in [1.165, 1.54) is 19.1 Å². The number of nitrogens with one attached hydrogen (secondary N) is 2. The maximum atomic E-state index is 12.8.